The molecule has 0 unspecified atom stereocenters. The van der Waals surface area contributed by atoms with E-state index in [9.17, 15) is 4.79 Å². The molecule has 0 radical (unpaired) electrons. The van der Waals surface area contributed by atoms with Crippen LogP contribution in [0.3, 0.4) is 0 Å². The van der Waals surface area contributed by atoms with Crippen LogP contribution in [0, 0.1) is 0 Å². The van der Waals surface area contributed by atoms with E-state index in [1.165, 1.54) is 11.8 Å². The first-order valence-corrected chi connectivity index (χ1v) is 5.68. The van der Waals surface area contributed by atoms with Crippen molar-refractivity contribution in [2.45, 2.75) is 10.1 Å². The van der Waals surface area contributed by atoms with Gasteiger partial charge in [0, 0.05) is 27.9 Å². The predicted octanol–water partition coefficient (Wildman–Crippen LogP) is 3.09. The summed E-state index contributed by atoms with van der Waals surface area (Å²) in [5.74, 6) is 0. The Hall–Kier alpha value is -1.39. The van der Waals surface area contributed by atoms with Gasteiger partial charge < -0.3 is 0 Å². The van der Waals surface area contributed by atoms with E-state index in [1.807, 2.05) is 0 Å². The second kappa shape index (κ2) is 5.09. The summed E-state index contributed by atoms with van der Waals surface area (Å²) < 4.78 is 0. The quantitative estimate of drug-likeness (QED) is 0.620. The van der Waals surface area contributed by atoms with Crippen molar-refractivity contribution < 1.29 is 4.79 Å². The first-order valence-electron chi connectivity index (χ1n) is 4.49. The van der Waals surface area contributed by atoms with Gasteiger partial charge in [0.15, 0.2) is 11.4 Å². The number of hydrogen-bond acceptors (Lipinski definition) is 4. The Kier molecular flexibility index (Phi) is 3.54. The molecule has 80 valence electrons. The van der Waals surface area contributed by atoms with Crippen LogP contribution in [0.25, 0.3) is 0 Å². The third-order valence-electron chi connectivity index (χ3n) is 1.84. The van der Waals surface area contributed by atoms with E-state index in [-0.39, 0.29) is 0 Å². The highest BCUT2D eigenvalue weighted by molar-refractivity contribution is 7.99. The maximum atomic E-state index is 10.9. The molecule has 1 heterocycles. The number of carbonyl (C=O) groups excluding carboxylic acids is 1. The molecule has 0 aliphatic rings. The van der Waals surface area contributed by atoms with Crippen LogP contribution in [0.2, 0.25) is 5.02 Å². The fourth-order valence-corrected chi connectivity index (χ4v) is 2.11. The second-order valence-electron chi connectivity index (χ2n) is 2.93. The fourth-order valence-electron chi connectivity index (χ4n) is 1.14. The summed E-state index contributed by atoms with van der Waals surface area (Å²) in [4.78, 5) is 19.8. The summed E-state index contributed by atoms with van der Waals surface area (Å²) in [6.45, 7) is 0. The van der Waals surface area contributed by atoms with Crippen molar-refractivity contribution in [1.82, 2.24) is 9.97 Å². The molecule has 3 nitrogen and oxygen atoms in total. The number of benzene rings is 1. The Morgan fingerprint density at radius 2 is 2.00 bits per heavy atom. The molecule has 0 fully saturated rings. The number of carbonyl (C=O) groups is 1. The molecule has 1 aromatic heterocycles. The fraction of sp³-hybridized carbons (Fsp3) is 0. The molecular weight excluding hydrogens is 244 g/mol. The summed E-state index contributed by atoms with van der Waals surface area (Å²) in [5.41, 5.74) is 0.546. The van der Waals surface area contributed by atoms with Crippen LogP contribution in [0.5, 0.6) is 0 Å². The van der Waals surface area contributed by atoms with E-state index >= 15 is 0 Å². The Bertz CT molecular complexity index is 505. The van der Waals surface area contributed by atoms with E-state index in [1.54, 1.807) is 36.7 Å². The van der Waals surface area contributed by atoms with Crippen molar-refractivity contribution >= 4 is 29.6 Å². The molecule has 0 aliphatic carbocycles. The zero-order valence-corrected chi connectivity index (χ0v) is 9.70. The van der Waals surface area contributed by atoms with Crippen LogP contribution in [-0.2, 0) is 0 Å². The van der Waals surface area contributed by atoms with Gasteiger partial charge in [-0.2, -0.15) is 0 Å². The highest BCUT2D eigenvalue weighted by atomic mass is 35.5. The molecule has 0 bridgehead atoms. The molecule has 1 aromatic carbocycles. The van der Waals surface area contributed by atoms with Crippen molar-refractivity contribution in [1.29, 1.82) is 0 Å². The first-order chi connectivity index (χ1) is 7.79. The minimum absolute atomic E-state index is 0.542. The number of rotatable bonds is 3. The molecule has 0 aliphatic heterocycles. The molecule has 0 N–H and O–H groups in total. The third-order valence-corrected chi connectivity index (χ3v) is 3.06. The normalized spacial score (nSPS) is 10.1. The van der Waals surface area contributed by atoms with Crippen LogP contribution in [0.15, 0.2) is 46.7 Å². The lowest BCUT2D eigenvalue weighted by Gasteiger charge is -2.03. The van der Waals surface area contributed by atoms with Gasteiger partial charge in [-0.05, 0) is 36.0 Å². The number of aldehydes is 1. The SMILES string of the molecule is O=Cc1cc(Cl)ccc1Sc1ncccn1. The summed E-state index contributed by atoms with van der Waals surface area (Å²) in [6, 6.07) is 6.89. The molecular formula is C11H7ClN2OS. The largest absolute Gasteiger partial charge is 0.298 e. The van der Waals surface area contributed by atoms with Gasteiger partial charge in [-0.3, -0.25) is 4.79 Å². The Morgan fingerprint density at radius 3 is 2.69 bits per heavy atom. The van der Waals surface area contributed by atoms with Gasteiger partial charge in [0.1, 0.15) is 0 Å². The van der Waals surface area contributed by atoms with E-state index in [4.69, 9.17) is 11.6 Å². The molecule has 0 amide bonds. The Balaban J connectivity index is 2.31. The van der Waals surface area contributed by atoms with Gasteiger partial charge in [-0.1, -0.05) is 11.6 Å². The van der Waals surface area contributed by atoms with E-state index in [0.717, 1.165) is 11.2 Å². The minimum atomic E-state index is 0.542. The van der Waals surface area contributed by atoms with Gasteiger partial charge >= 0.3 is 0 Å². The zero-order chi connectivity index (χ0) is 11.4. The predicted molar refractivity (Wildman–Crippen MR) is 63.0 cm³/mol. The van der Waals surface area contributed by atoms with Gasteiger partial charge in [-0.15, -0.1) is 0 Å². The molecule has 2 aromatic rings. The molecule has 5 heteroatoms. The van der Waals surface area contributed by atoms with Crippen molar-refractivity contribution in [3.63, 3.8) is 0 Å². The van der Waals surface area contributed by atoms with Gasteiger partial charge in [0.25, 0.3) is 0 Å². The average Bonchev–Trinajstić information content (AvgIpc) is 2.33. The van der Waals surface area contributed by atoms with Crippen LogP contribution in [0.1, 0.15) is 10.4 Å². The lowest BCUT2D eigenvalue weighted by molar-refractivity contribution is 0.112. The summed E-state index contributed by atoms with van der Waals surface area (Å²) in [5, 5.41) is 1.15. The number of aromatic nitrogens is 2. The van der Waals surface area contributed by atoms with Gasteiger partial charge in [0.05, 0.1) is 0 Å². The molecule has 2 rings (SSSR count). The zero-order valence-electron chi connectivity index (χ0n) is 8.13. The van der Waals surface area contributed by atoms with Crippen LogP contribution in [0.4, 0.5) is 0 Å². The molecule has 0 atom stereocenters. The van der Waals surface area contributed by atoms with Crippen molar-refractivity contribution in [2.24, 2.45) is 0 Å². The third kappa shape index (κ3) is 2.59. The van der Waals surface area contributed by atoms with Gasteiger partial charge in [-0.25, -0.2) is 9.97 Å². The van der Waals surface area contributed by atoms with E-state index in [0.29, 0.717) is 15.7 Å². The number of hydrogen-bond donors (Lipinski definition) is 0. The standard InChI is InChI=1S/C11H7ClN2OS/c12-9-2-3-10(8(6-9)7-15)16-11-13-4-1-5-14-11/h1-7H. The maximum absolute atomic E-state index is 10.9. The summed E-state index contributed by atoms with van der Waals surface area (Å²) in [6.07, 6.45) is 4.09. The molecule has 0 spiro atoms. The van der Waals surface area contributed by atoms with E-state index in [2.05, 4.69) is 9.97 Å². The average molecular weight is 251 g/mol. The highest BCUT2D eigenvalue weighted by Crippen LogP contribution is 2.28. The summed E-state index contributed by atoms with van der Waals surface area (Å²) in [7, 11) is 0. The maximum Gasteiger partial charge on any atom is 0.192 e. The second-order valence-corrected chi connectivity index (χ2v) is 4.38. The monoisotopic (exact) mass is 250 g/mol. The smallest absolute Gasteiger partial charge is 0.192 e. The Labute approximate surface area is 102 Å². The number of halogens is 1. The number of nitrogens with zero attached hydrogens (tertiary/aromatic N) is 2. The van der Waals surface area contributed by atoms with Crippen molar-refractivity contribution in [2.75, 3.05) is 0 Å². The molecule has 0 saturated heterocycles. The van der Waals surface area contributed by atoms with Crippen molar-refractivity contribution in [3.05, 3.63) is 47.2 Å². The first kappa shape index (κ1) is 11.1. The lowest BCUT2D eigenvalue weighted by atomic mass is 10.2. The molecule has 0 saturated carbocycles. The molecule has 16 heavy (non-hydrogen) atoms. The summed E-state index contributed by atoms with van der Waals surface area (Å²) >= 11 is 7.13. The van der Waals surface area contributed by atoms with Crippen LogP contribution >= 0.6 is 23.4 Å². The van der Waals surface area contributed by atoms with Crippen LogP contribution < -0.4 is 0 Å². The lowest BCUT2D eigenvalue weighted by Crippen LogP contribution is -1.88. The topological polar surface area (TPSA) is 42.9 Å². The van der Waals surface area contributed by atoms with Crippen LogP contribution in [-0.4, -0.2) is 16.3 Å². The van der Waals surface area contributed by atoms with Crippen molar-refractivity contribution in [3.8, 4) is 0 Å². The van der Waals surface area contributed by atoms with Gasteiger partial charge in [0.2, 0.25) is 0 Å². The minimum Gasteiger partial charge on any atom is -0.298 e. The Morgan fingerprint density at radius 1 is 1.25 bits per heavy atom. The highest BCUT2D eigenvalue weighted by Gasteiger charge is 2.05. The van der Waals surface area contributed by atoms with E-state index < -0.39 is 0 Å².